The Morgan fingerprint density at radius 2 is 2.16 bits per heavy atom. The van der Waals surface area contributed by atoms with Crippen molar-refractivity contribution in [3.8, 4) is 0 Å². The van der Waals surface area contributed by atoms with E-state index in [0.717, 1.165) is 38.3 Å². The highest BCUT2D eigenvalue weighted by Crippen LogP contribution is 2.26. The van der Waals surface area contributed by atoms with E-state index in [4.69, 9.17) is 4.74 Å². The molecule has 1 aromatic rings. The Balaban J connectivity index is 1.83. The maximum Gasteiger partial charge on any atom is 0.0805 e. The number of nitrogens with zero attached hydrogens (tertiary/aromatic N) is 1. The number of hydrogen-bond acceptors (Lipinski definition) is 3. The zero-order chi connectivity index (χ0) is 13.5. The van der Waals surface area contributed by atoms with Gasteiger partial charge in [-0.1, -0.05) is 30.3 Å². The first-order chi connectivity index (χ1) is 9.31. The average molecular weight is 263 g/mol. The maximum atomic E-state index is 10.3. The van der Waals surface area contributed by atoms with Crippen molar-refractivity contribution >= 4 is 0 Å². The summed E-state index contributed by atoms with van der Waals surface area (Å²) in [4.78, 5) is 2.46. The summed E-state index contributed by atoms with van der Waals surface area (Å²) in [5.41, 5.74) is 1.03. The molecule has 1 aliphatic rings. The highest BCUT2D eigenvalue weighted by atomic mass is 16.5. The highest BCUT2D eigenvalue weighted by Gasteiger charge is 2.26. The lowest BCUT2D eigenvalue weighted by atomic mass is 10.0. The van der Waals surface area contributed by atoms with Crippen LogP contribution in [0.4, 0.5) is 0 Å². The van der Waals surface area contributed by atoms with Crippen LogP contribution >= 0.6 is 0 Å². The van der Waals surface area contributed by atoms with Gasteiger partial charge in [0.1, 0.15) is 0 Å². The number of likely N-dealkylation sites (tertiary alicyclic amines) is 1. The molecular formula is C16H25NO2. The van der Waals surface area contributed by atoms with Crippen molar-refractivity contribution in [3.05, 3.63) is 35.9 Å². The van der Waals surface area contributed by atoms with Gasteiger partial charge in [0, 0.05) is 19.2 Å². The van der Waals surface area contributed by atoms with Crippen molar-refractivity contribution < 1.29 is 9.84 Å². The first-order valence-electron chi connectivity index (χ1n) is 7.36. The van der Waals surface area contributed by atoms with Crippen molar-refractivity contribution in [2.45, 2.75) is 38.3 Å². The fourth-order valence-electron chi connectivity index (χ4n) is 2.85. The summed E-state index contributed by atoms with van der Waals surface area (Å²) in [6.45, 7) is 5.74. The van der Waals surface area contributed by atoms with Crippen LogP contribution in [0, 0.1) is 0 Å². The Morgan fingerprint density at radius 3 is 2.89 bits per heavy atom. The first-order valence-corrected chi connectivity index (χ1v) is 7.36. The second-order valence-electron chi connectivity index (χ2n) is 5.19. The number of rotatable bonds is 7. The quantitative estimate of drug-likeness (QED) is 0.768. The minimum Gasteiger partial charge on any atom is -0.388 e. The van der Waals surface area contributed by atoms with Gasteiger partial charge in [-0.25, -0.2) is 0 Å². The fraction of sp³-hybridized carbons (Fsp3) is 0.625. The third kappa shape index (κ3) is 4.30. The predicted octanol–water partition coefficient (Wildman–Crippen LogP) is 2.61. The molecule has 0 aromatic heterocycles. The van der Waals surface area contributed by atoms with Crippen molar-refractivity contribution in [1.29, 1.82) is 0 Å². The molecule has 2 unspecified atom stereocenters. The van der Waals surface area contributed by atoms with E-state index in [1.165, 1.54) is 12.8 Å². The third-order valence-corrected chi connectivity index (χ3v) is 3.91. The van der Waals surface area contributed by atoms with E-state index in [-0.39, 0.29) is 6.10 Å². The minimum atomic E-state index is -0.348. The maximum absolute atomic E-state index is 10.3. The molecule has 0 saturated carbocycles. The van der Waals surface area contributed by atoms with Crippen LogP contribution in [0.5, 0.6) is 0 Å². The topological polar surface area (TPSA) is 32.7 Å². The van der Waals surface area contributed by atoms with Gasteiger partial charge in [0.15, 0.2) is 0 Å². The van der Waals surface area contributed by atoms with Crippen LogP contribution < -0.4 is 0 Å². The largest absolute Gasteiger partial charge is 0.388 e. The van der Waals surface area contributed by atoms with E-state index >= 15 is 0 Å². The zero-order valence-electron chi connectivity index (χ0n) is 11.8. The standard InChI is InChI=1S/C16H25NO2/c1-2-19-12-11-17-10-6-9-15(17)13-16(18)14-7-4-3-5-8-14/h3-5,7-8,15-16,18H,2,6,9-13H2,1H3. The van der Waals surface area contributed by atoms with Gasteiger partial charge in [-0.05, 0) is 38.3 Å². The summed E-state index contributed by atoms with van der Waals surface area (Å²) in [6, 6.07) is 10.5. The SMILES string of the molecule is CCOCCN1CCCC1CC(O)c1ccccc1. The molecule has 0 bridgehead atoms. The van der Waals surface area contributed by atoms with E-state index < -0.39 is 0 Å². The molecule has 0 radical (unpaired) electrons. The summed E-state index contributed by atoms with van der Waals surface area (Å²) >= 11 is 0. The molecule has 0 aliphatic carbocycles. The van der Waals surface area contributed by atoms with Gasteiger partial charge in [0.25, 0.3) is 0 Å². The van der Waals surface area contributed by atoms with Crippen molar-refractivity contribution in [2.75, 3.05) is 26.3 Å². The van der Waals surface area contributed by atoms with Gasteiger partial charge < -0.3 is 9.84 Å². The van der Waals surface area contributed by atoms with Gasteiger partial charge in [0.2, 0.25) is 0 Å². The molecule has 0 spiro atoms. The van der Waals surface area contributed by atoms with E-state index in [2.05, 4.69) is 4.90 Å². The lowest BCUT2D eigenvalue weighted by Crippen LogP contribution is -2.33. The number of aliphatic hydroxyl groups excluding tert-OH is 1. The van der Waals surface area contributed by atoms with Gasteiger partial charge in [-0.3, -0.25) is 4.90 Å². The minimum absolute atomic E-state index is 0.348. The normalized spacial score (nSPS) is 21.7. The van der Waals surface area contributed by atoms with Crippen LogP contribution in [0.3, 0.4) is 0 Å². The monoisotopic (exact) mass is 263 g/mol. The highest BCUT2D eigenvalue weighted by molar-refractivity contribution is 5.17. The lowest BCUT2D eigenvalue weighted by Gasteiger charge is -2.26. The molecule has 1 N–H and O–H groups in total. The fourth-order valence-corrected chi connectivity index (χ4v) is 2.85. The molecule has 2 atom stereocenters. The zero-order valence-corrected chi connectivity index (χ0v) is 11.8. The summed E-state index contributed by atoms with van der Waals surface area (Å²) in [7, 11) is 0. The molecule has 0 amide bonds. The summed E-state index contributed by atoms with van der Waals surface area (Å²) < 4.78 is 5.43. The lowest BCUT2D eigenvalue weighted by molar-refractivity contribution is 0.0852. The molecule has 3 nitrogen and oxygen atoms in total. The predicted molar refractivity (Wildman–Crippen MR) is 77.1 cm³/mol. The van der Waals surface area contributed by atoms with Crippen LogP contribution in [0.1, 0.15) is 37.9 Å². The second-order valence-corrected chi connectivity index (χ2v) is 5.19. The molecule has 3 heteroatoms. The average Bonchev–Trinajstić information content (AvgIpc) is 2.87. The molecule has 106 valence electrons. The van der Waals surface area contributed by atoms with Crippen LogP contribution in [0.15, 0.2) is 30.3 Å². The molecule has 19 heavy (non-hydrogen) atoms. The van der Waals surface area contributed by atoms with Crippen molar-refractivity contribution in [3.63, 3.8) is 0 Å². The Kier molecular flexibility index (Phi) is 5.83. The third-order valence-electron chi connectivity index (χ3n) is 3.91. The number of ether oxygens (including phenoxy) is 1. The molecule has 1 saturated heterocycles. The summed E-state index contributed by atoms with van der Waals surface area (Å²) in [5, 5.41) is 10.3. The van der Waals surface area contributed by atoms with Crippen molar-refractivity contribution in [1.82, 2.24) is 4.90 Å². The van der Waals surface area contributed by atoms with Crippen LogP contribution in [0.25, 0.3) is 0 Å². The van der Waals surface area contributed by atoms with Gasteiger partial charge in [-0.15, -0.1) is 0 Å². The van der Waals surface area contributed by atoms with Crippen molar-refractivity contribution in [2.24, 2.45) is 0 Å². The van der Waals surface area contributed by atoms with Crippen LogP contribution in [-0.4, -0.2) is 42.4 Å². The van der Waals surface area contributed by atoms with E-state index in [0.29, 0.717) is 6.04 Å². The van der Waals surface area contributed by atoms with Crippen LogP contribution in [0.2, 0.25) is 0 Å². The molecular weight excluding hydrogens is 238 g/mol. The smallest absolute Gasteiger partial charge is 0.0805 e. The van der Waals surface area contributed by atoms with Gasteiger partial charge >= 0.3 is 0 Å². The number of hydrogen-bond donors (Lipinski definition) is 1. The Hall–Kier alpha value is -0.900. The molecule has 1 aliphatic heterocycles. The Bertz CT molecular complexity index is 355. The molecule has 2 rings (SSSR count). The summed E-state index contributed by atoms with van der Waals surface area (Å²) in [6.07, 6.45) is 2.91. The van der Waals surface area contributed by atoms with Gasteiger partial charge in [-0.2, -0.15) is 0 Å². The molecule has 1 fully saturated rings. The Labute approximate surface area is 116 Å². The van der Waals surface area contributed by atoms with E-state index in [1.807, 2.05) is 37.3 Å². The van der Waals surface area contributed by atoms with E-state index in [9.17, 15) is 5.11 Å². The van der Waals surface area contributed by atoms with Gasteiger partial charge in [0.05, 0.1) is 12.7 Å². The first kappa shape index (κ1) is 14.5. The van der Waals surface area contributed by atoms with Crippen LogP contribution in [-0.2, 0) is 4.74 Å². The second kappa shape index (κ2) is 7.63. The summed E-state index contributed by atoms with van der Waals surface area (Å²) in [5.74, 6) is 0. The molecule has 1 aromatic carbocycles. The Morgan fingerprint density at radius 1 is 1.37 bits per heavy atom. The number of aliphatic hydroxyl groups is 1. The van der Waals surface area contributed by atoms with E-state index in [1.54, 1.807) is 0 Å². The molecule has 1 heterocycles. The number of benzene rings is 1.